The monoisotopic (exact) mass is 254 g/mol. The average Bonchev–Trinajstić information content (AvgIpc) is 2.82. The van der Waals surface area contributed by atoms with Crippen LogP contribution in [0.15, 0.2) is 0 Å². The highest BCUT2D eigenvalue weighted by Crippen LogP contribution is 2.32. The van der Waals surface area contributed by atoms with E-state index in [1.165, 1.54) is 11.3 Å². The zero-order valence-electron chi connectivity index (χ0n) is 11.2. The van der Waals surface area contributed by atoms with Gasteiger partial charge in [0.1, 0.15) is 11.1 Å². The van der Waals surface area contributed by atoms with Crippen LogP contribution in [0.4, 0.5) is 0 Å². The number of aromatic nitrogens is 1. The molecule has 0 bridgehead atoms. The van der Waals surface area contributed by atoms with Crippen LogP contribution in [-0.4, -0.2) is 17.1 Å². The van der Waals surface area contributed by atoms with E-state index >= 15 is 0 Å². The van der Waals surface area contributed by atoms with Crippen LogP contribution in [0.5, 0.6) is 0 Å². The molecule has 0 radical (unpaired) electrons. The van der Waals surface area contributed by atoms with Crippen LogP contribution < -0.4 is 5.32 Å². The molecule has 3 nitrogen and oxygen atoms in total. The van der Waals surface area contributed by atoms with Crippen LogP contribution in [0, 0.1) is 6.92 Å². The molecule has 1 aromatic heterocycles. The highest BCUT2D eigenvalue weighted by Gasteiger charge is 2.22. The molecule has 0 amide bonds. The molecule has 1 saturated heterocycles. The lowest BCUT2D eigenvalue weighted by Gasteiger charge is -2.19. The zero-order valence-corrected chi connectivity index (χ0v) is 12.0. The number of aryl methyl sites for hydroxylation is 1. The fourth-order valence-electron chi connectivity index (χ4n) is 1.87. The Labute approximate surface area is 108 Å². The van der Waals surface area contributed by atoms with Gasteiger partial charge in [0, 0.05) is 23.6 Å². The zero-order chi connectivity index (χ0) is 12.5. The lowest BCUT2D eigenvalue weighted by Crippen LogP contribution is -2.34. The molecule has 1 unspecified atom stereocenters. The molecule has 1 atom stereocenters. The minimum atomic E-state index is 0.153. The van der Waals surface area contributed by atoms with Gasteiger partial charge < -0.3 is 10.1 Å². The molecule has 0 spiro atoms. The molecular formula is C13H22N2OS. The molecule has 1 aliphatic heterocycles. The summed E-state index contributed by atoms with van der Waals surface area (Å²) in [6, 6.07) is 0. The number of hydrogen-bond donors (Lipinski definition) is 1. The Kier molecular flexibility index (Phi) is 3.85. The first-order chi connectivity index (χ1) is 7.96. The Balaban J connectivity index is 2.03. The van der Waals surface area contributed by atoms with Gasteiger partial charge >= 0.3 is 0 Å². The molecule has 1 aliphatic rings. The first kappa shape index (κ1) is 13.0. The smallest absolute Gasteiger partial charge is 0.122 e. The van der Waals surface area contributed by atoms with Crippen molar-refractivity contribution >= 4 is 11.3 Å². The molecular weight excluding hydrogens is 232 g/mol. The van der Waals surface area contributed by atoms with Gasteiger partial charge in [-0.2, -0.15) is 0 Å². The Morgan fingerprint density at radius 2 is 2.24 bits per heavy atom. The summed E-state index contributed by atoms with van der Waals surface area (Å²) in [6.45, 7) is 10.4. The van der Waals surface area contributed by atoms with E-state index in [0.717, 1.165) is 30.3 Å². The third-order valence-corrected chi connectivity index (χ3v) is 4.14. The van der Waals surface area contributed by atoms with Gasteiger partial charge in [0.25, 0.3) is 0 Å². The maximum atomic E-state index is 5.68. The van der Waals surface area contributed by atoms with E-state index in [9.17, 15) is 0 Å². The first-order valence-corrected chi connectivity index (χ1v) is 7.10. The number of ether oxygens (including phenoxy) is 1. The Hall–Kier alpha value is -0.450. The largest absolute Gasteiger partial charge is 0.371 e. The van der Waals surface area contributed by atoms with Crippen molar-refractivity contribution in [1.82, 2.24) is 10.3 Å². The average molecular weight is 254 g/mol. The first-order valence-electron chi connectivity index (χ1n) is 6.28. The standard InChI is InChI=1S/C13H22N2OS/c1-9-11(8-14-13(2,3)4)17-12(15-9)10-6-5-7-16-10/h10,14H,5-8H2,1-4H3. The van der Waals surface area contributed by atoms with Crippen molar-refractivity contribution in [2.75, 3.05) is 6.61 Å². The van der Waals surface area contributed by atoms with Gasteiger partial charge in [-0.25, -0.2) is 4.98 Å². The predicted molar refractivity (Wildman–Crippen MR) is 71.4 cm³/mol. The molecule has 0 aliphatic carbocycles. The summed E-state index contributed by atoms with van der Waals surface area (Å²) < 4.78 is 5.68. The highest BCUT2D eigenvalue weighted by atomic mass is 32.1. The number of nitrogens with zero attached hydrogens (tertiary/aromatic N) is 1. The van der Waals surface area contributed by atoms with Gasteiger partial charge in [0.05, 0.1) is 5.69 Å². The van der Waals surface area contributed by atoms with E-state index in [1.54, 1.807) is 11.3 Å². The molecule has 1 aromatic rings. The SMILES string of the molecule is Cc1nc(C2CCCO2)sc1CNC(C)(C)C. The number of thiazole rings is 1. The summed E-state index contributed by atoms with van der Waals surface area (Å²) in [5.74, 6) is 0. The second kappa shape index (κ2) is 5.04. The number of nitrogens with one attached hydrogen (secondary N) is 1. The van der Waals surface area contributed by atoms with E-state index < -0.39 is 0 Å². The van der Waals surface area contributed by atoms with Crippen LogP contribution in [-0.2, 0) is 11.3 Å². The van der Waals surface area contributed by atoms with E-state index in [2.05, 4.69) is 38.0 Å². The fraction of sp³-hybridized carbons (Fsp3) is 0.769. The van der Waals surface area contributed by atoms with Crippen molar-refractivity contribution < 1.29 is 4.74 Å². The van der Waals surface area contributed by atoms with Crippen molar-refractivity contribution in [3.8, 4) is 0 Å². The predicted octanol–water partition coefficient (Wildman–Crippen LogP) is 3.19. The van der Waals surface area contributed by atoms with Crippen molar-refractivity contribution in [3.05, 3.63) is 15.6 Å². The fourth-order valence-corrected chi connectivity index (χ4v) is 2.96. The van der Waals surface area contributed by atoms with Crippen molar-refractivity contribution in [2.24, 2.45) is 0 Å². The second-order valence-corrected chi connectivity index (χ2v) is 6.78. The number of rotatable bonds is 3. The van der Waals surface area contributed by atoms with E-state index in [1.807, 2.05) is 0 Å². The molecule has 96 valence electrons. The second-order valence-electron chi connectivity index (χ2n) is 5.67. The molecule has 2 heterocycles. The van der Waals surface area contributed by atoms with E-state index in [0.29, 0.717) is 0 Å². The van der Waals surface area contributed by atoms with Gasteiger partial charge in [0.15, 0.2) is 0 Å². The molecule has 4 heteroatoms. The van der Waals surface area contributed by atoms with Crippen LogP contribution >= 0.6 is 11.3 Å². The minimum absolute atomic E-state index is 0.153. The quantitative estimate of drug-likeness (QED) is 0.899. The normalized spacial score (nSPS) is 21.1. The third kappa shape index (κ3) is 3.50. The van der Waals surface area contributed by atoms with Gasteiger partial charge in [-0.05, 0) is 40.5 Å². The van der Waals surface area contributed by atoms with Crippen LogP contribution in [0.2, 0.25) is 0 Å². The van der Waals surface area contributed by atoms with E-state index in [4.69, 9.17) is 4.74 Å². The molecule has 1 N–H and O–H groups in total. The van der Waals surface area contributed by atoms with Crippen molar-refractivity contribution in [3.63, 3.8) is 0 Å². The van der Waals surface area contributed by atoms with Gasteiger partial charge in [0.2, 0.25) is 0 Å². The van der Waals surface area contributed by atoms with Crippen molar-refractivity contribution in [1.29, 1.82) is 0 Å². The Morgan fingerprint density at radius 3 is 2.82 bits per heavy atom. The van der Waals surface area contributed by atoms with Crippen molar-refractivity contribution in [2.45, 2.75) is 58.7 Å². The molecule has 1 fully saturated rings. The summed E-state index contributed by atoms with van der Waals surface area (Å²) >= 11 is 1.80. The van der Waals surface area contributed by atoms with Gasteiger partial charge in [-0.3, -0.25) is 0 Å². The third-order valence-electron chi connectivity index (χ3n) is 2.89. The van der Waals surface area contributed by atoms with Crippen LogP contribution in [0.3, 0.4) is 0 Å². The molecule has 0 aromatic carbocycles. The highest BCUT2D eigenvalue weighted by molar-refractivity contribution is 7.11. The Bertz CT molecular complexity index is 375. The Morgan fingerprint density at radius 1 is 1.47 bits per heavy atom. The van der Waals surface area contributed by atoms with Crippen LogP contribution in [0.25, 0.3) is 0 Å². The van der Waals surface area contributed by atoms with Crippen LogP contribution in [0.1, 0.15) is 55.3 Å². The lowest BCUT2D eigenvalue weighted by molar-refractivity contribution is 0.111. The maximum Gasteiger partial charge on any atom is 0.122 e. The molecule has 0 saturated carbocycles. The maximum absolute atomic E-state index is 5.68. The summed E-state index contributed by atoms with van der Waals surface area (Å²) in [4.78, 5) is 5.99. The van der Waals surface area contributed by atoms with Gasteiger partial charge in [-0.15, -0.1) is 11.3 Å². The molecule has 2 rings (SSSR count). The topological polar surface area (TPSA) is 34.1 Å². The summed E-state index contributed by atoms with van der Waals surface area (Å²) in [5, 5.41) is 4.67. The van der Waals surface area contributed by atoms with E-state index in [-0.39, 0.29) is 11.6 Å². The lowest BCUT2D eigenvalue weighted by atomic mass is 10.1. The summed E-state index contributed by atoms with van der Waals surface area (Å²) in [6.07, 6.45) is 2.54. The van der Waals surface area contributed by atoms with Gasteiger partial charge in [-0.1, -0.05) is 0 Å². The molecule has 17 heavy (non-hydrogen) atoms. The number of hydrogen-bond acceptors (Lipinski definition) is 4. The minimum Gasteiger partial charge on any atom is -0.371 e. The summed E-state index contributed by atoms with van der Waals surface area (Å²) in [5.41, 5.74) is 1.30. The summed E-state index contributed by atoms with van der Waals surface area (Å²) in [7, 11) is 0.